The van der Waals surface area contributed by atoms with E-state index in [9.17, 15) is 0 Å². The summed E-state index contributed by atoms with van der Waals surface area (Å²) in [5.41, 5.74) is 8.57. The lowest BCUT2D eigenvalue weighted by atomic mass is 9.84. The van der Waals surface area contributed by atoms with Crippen LogP contribution in [0.5, 0.6) is 0 Å². The van der Waals surface area contributed by atoms with E-state index in [1.807, 2.05) is 0 Å². The largest absolute Gasteiger partial charge is 0.309 e. The minimum Gasteiger partial charge on any atom is -0.309 e. The zero-order chi connectivity index (χ0) is 30.1. The highest BCUT2D eigenvalue weighted by atomic mass is 15.1. The summed E-state index contributed by atoms with van der Waals surface area (Å²) in [5, 5.41) is 12.8. The van der Waals surface area contributed by atoms with Gasteiger partial charge in [0.05, 0.1) is 5.69 Å². The topological polar surface area (TPSA) is 3.24 Å². The second-order valence-electron chi connectivity index (χ2n) is 12.3. The molecule has 0 aliphatic rings. The molecule has 0 atom stereocenters. The average molecular weight is 574 g/mol. The molecule has 45 heavy (non-hydrogen) atoms. The van der Waals surface area contributed by atoms with Gasteiger partial charge in [0.1, 0.15) is 0 Å². The Morgan fingerprint density at radius 1 is 0.378 bits per heavy atom. The van der Waals surface area contributed by atoms with Crippen LogP contribution in [0.4, 0.5) is 17.1 Å². The van der Waals surface area contributed by atoms with Crippen molar-refractivity contribution >= 4 is 70.9 Å². The predicted octanol–water partition coefficient (Wildman–Crippen LogP) is 12.6. The lowest BCUT2D eigenvalue weighted by molar-refractivity contribution is 1.29. The average Bonchev–Trinajstić information content (AvgIpc) is 3.08. The first-order chi connectivity index (χ1) is 22.2. The Morgan fingerprint density at radius 2 is 0.844 bits per heavy atom. The number of aryl methyl sites for hydroxylation is 2. The molecule has 0 heterocycles. The van der Waals surface area contributed by atoms with Crippen molar-refractivity contribution in [3.8, 4) is 11.1 Å². The van der Waals surface area contributed by atoms with Crippen LogP contribution in [0.1, 0.15) is 11.1 Å². The summed E-state index contributed by atoms with van der Waals surface area (Å²) >= 11 is 0. The molecule has 9 rings (SSSR count). The van der Waals surface area contributed by atoms with Crippen molar-refractivity contribution in [1.29, 1.82) is 0 Å². The molecule has 0 aromatic heterocycles. The first kappa shape index (κ1) is 25.8. The molecule has 1 nitrogen and oxygen atoms in total. The number of fused-ring (bicyclic) bond motifs is 2. The second-order valence-corrected chi connectivity index (χ2v) is 12.3. The van der Waals surface area contributed by atoms with Crippen molar-refractivity contribution in [3.63, 3.8) is 0 Å². The Bertz CT molecular complexity index is 2440. The molecule has 0 radical (unpaired) electrons. The maximum Gasteiger partial charge on any atom is 0.0618 e. The Balaban J connectivity index is 1.44. The van der Waals surface area contributed by atoms with Gasteiger partial charge < -0.3 is 4.90 Å². The van der Waals surface area contributed by atoms with Crippen LogP contribution < -0.4 is 4.90 Å². The van der Waals surface area contributed by atoms with Gasteiger partial charge in [0, 0.05) is 22.1 Å². The van der Waals surface area contributed by atoms with Gasteiger partial charge in [-0.25, -0.2) is 0 Å². The monoisotopic (exact) mass is 573 g/mol. The predicted molar refractivity (Wildman–Crippen MR) is 195 cm³/mol. The maximum atomic E-state index is 2.44. The summed E-state index contributed by atoms with van der Waals surface area (Å²) in [7, 11) is 0. The molecule has 9 aromatic carbocycles. The Morgan fingerprint density at radius 3 is 1.42 bits per heavy atom. The second kappa shape index (κ2) is 9.94. The van der Waals surface area contributed by atoms with Gasteiger partial charge in [-0.2, -0.15) is 0 Å². The van der Waals surface area contributed by atoms with E-state index in [-0.39, 0.29) is 0 Å². The van der Waals surface area contributed by atoms with E-state index in [4.69, 9.17) is 0 Å². The maximum absolute atomic E-state index is 2.44. The third-order valence-electron chi connectivity index (χ3n) is 9.49. The summed E-state index contributed by atoms with van der Waals surface area (Å²) < 4.78 is 0. The van der Waals surface area contributed by atoms with Crippen LogP contribution in [-0.2, 0) is 0 Å². The summed E-state index contributed by atoms with van der Waals surface area (Å²) in [6, 6.07) is 56.2. The van der Waals surface area contributed by atoms with Crippen molar-refractivity contribution in [1.82, 2.24) is 0 Å². The standard InChI is InChI=1S/C44H31N/c1-28-17-23-33(24-18-28)45(34-25-19-29(2)20-26-34)44-38-14-5-3-12-35(38)43(36-13-4-6-15-39(36)44)40-27-32-11-7-9-30-21-22-31-10-8-16-37(40)42(31)41(30)32/h3-27H,1-2H3. The third kappa shape index (κ3) is 3.94. The number of hydrogen-bond acceptors (Lipinski definition) is 1. The van der Waals surface area contributed by atoms with Gasteiger partial charge in [-0.1, -0.05) is 132 Å². The molecule has 212 valence electrons. The third-order valence-corrected chi connectivity index (χ3v) is 9.49. The van der Waals surface area contributed by atoms with Crippen LogP contribution in [0.25, 0.3) is 65.0 Å². The molecule has 0 saturated heterocycles. The van der Waals surface area contributed by atoms with E-state index < -0.39 is 0 Å². The van der Waals surface area contributed by atoms with Gasteiger partial charge in [-0.05, 0) is 98.4 Å². The van der Waals surface area contributed by atoms with Gasteiger partial charge in [-0.3, -0.25) is 0 Å². The number of hydrogen-bond donors (Lipinski definition) is 0. The number of benzene rings is 9. The fourth-order valence-electron chi connectivity index (χ4n) is 7.40. The first-order valence-corrected chi connectivity index (χ1v) is 15.7. The molecule has 0 N–H and O–H groups in total. The summed E-state index contributed by atoms with van der Waals surface area (Å²) in [6.45, 7) is 4.30. The highest BCUT2D eigenvalue weighted by Gasteiger charge is 2.23. The van der Waals surface area contributed by atoms with E-state index in [1.165, 1.54) is 81.8 Å². The lowest BCUT2D eigenvalue weighted by Gasteiger charge is -2.30. The van der Waals surface area contributed by atoms with Crippen LogP contribution in [0, 0.1) is 13.8 Å². The van der Waals surface area contributed by atoms with Crippen LogP contribution in [-0.4, -0.2) is 0 Å². The van der Waals surface area contributed by atoms with Crippen LogP contribution in [0.15, 0.2) is 152 Å². The fourth-order valence-corrected chi connectivity index (χ4v) is 7.40. The summed E-state index contributed by atoms with van der Waals surface area (Å²) in [5.74, 6) is 0. The van der Waals surface area contributed by atoms with Gasteiger partial charge >= 0.3 is 0 Å². The fraction of sp³-hybridized carbons (Fsp3) is 0.0455. The zero-order valence-electron chi connectivity index (χ0n) is 25.4. The van der Waals surface area contributed by atoms with Crippen LogP contribution in [0.2, 0.25) is 0 Å². The Hall–Kier alpha value is -5.66. The van der Waals surface area contributed by atoms with Crippen molar-refractivity contribution in [2.24, 2.45) is 0 Å². The van der Waals surface area contributed by atoms with Crippen LogP contribution in [0.3, 0.4) is 0 Å². The highest BCUT2D eigenvalue weighted by Crippen LogP contribution is 2.50. The molecule has 0 bridgehead atoms. The normalized spacial score (nSPS) is 11.8. The molecule has 0 aliphatic carbocycles. The highest BCUT2D eigenvalue weighted by molar-refractivity contribution is 6.30. The van der Waals surface area contributed by atoms with Crippen molar-refractivity contribution in [2.45, 2.75) is 13.8 Å². The number of nitrogens with zero attached hydrogens (tertiary/aromatic N) is 1. The zero-order valence-corrected chi connectivity index (χ0v) is 25.4. The molecule has 1 heteroatoms. The van der Waals surface area contributed by atoms with E-state index in [2.05, 4.69) is 170 Å². The molecule has 0 spiro atoms. The molecule has 0 amide bonds. The summed E-state index contributed by atoms with van der Waals surface area (Å²) in [4.78, 5) is 2.44. The molecular weight excluding hydrogens is 542 g/mol. The molecule has 0 aliphatic heterocycles. The first-order valence-electron chi connectivity index (χ1n) is 15.7. The van der Waals surface area contributed by atoms with Gasteiger partial charge in [0.2, 0.25) is 0 Å². The van der Waals surface area contributed by atoms with E-state index in [0.717, 1.165) is 11.4 Å². The minimum absolute atomic E-state index is 1.15. The molecule has 0 fully saturated rings. The SMILES string of the molecule is Cc1ccc(N(c2ccc(C)cc2)c2c3ccccc3c(-c3cc4cccc5ccc6cccc3c6c54)c3ccccc23)cc1. The van der Waals surface area contributed by atoms with Crippen molar-refractivity contribution < 1.29 is 0 Å². The summed E-state index contributed by atoms with van der Waals surface area (Å²) in [6.07, 6.45) is 0. The molecular formula is C44H31N. The number of rotatable bonds is 4. The smallest absolute Gasteiger partial charge is 0.0618 e. The number of anilines is 3. The molecule has 9 aromatic rings. The lowest BCUT2D eigenvalue weighted by Crippen LogP contribution is -2.11. The van der Waals surface area contributed by atoms with Gasteiger partial charge in [0.15, 0.2) is 0 Å². The Labute approximate surface area is 262 Å². The Kier molecular flexibility index (Phi) is 5.70. The molecule has 0 unspecified atom stereocenters. The van der Waals surface area contributed by atoms with E-state index in [1.54, 1.807) is 0 Å². The van der Waals surface area contributed by atoms with E-state index >= 15 is 0 Å². The van der Waals surface area contributed by atoms with Gasteiger partial charge in [0.25, 0.3) is 0 Å². The minimum atomic E-state index is 1.15. The van der Waals surface area contributed by atoms with Crippen molar-refractivity contribution in [2.75, 3.05) is 4.90 Å². The molecule has 0 saturated carbocycles. The van der Waals surface area contributed by atoms with Crippen molar-refractivity contribution in [3.05, 3.63) is 163 Å². The quantitative estimate of drug-likeness (QED) is 0.149. The van der Waals surface area contributed by atoms with Gasteiger partial charge in [-0.15, -0.1) is 0 Å². The van der Waals surface area contributed by atoms with Crippen LogP contribution >= 0.6 is 0 Å². The van der Waals surface area contributed by atoms with E-state index in [0.29, 0.717) is 0 Å².